The molecule has 1 aromatic carbocycles. The number of aryl methyl sites for hydroxylation is 1. The molecule has 0 spiro atoms. The Balaban J connectivity index is 1.98. The quantitative estimate of drug-likeness (QED) is 0.879. The van der Waals surface area contributed by atoms with Crippen molar-refractivity contribution in [3.05, 3.63) is 29.3 Å². The molecule has 1 aliphatic carbocycles. The van der Waals surface area contributed by atoms with Crippen LogP contribution in [-0.4, -0.2) is 13.2 Å². The molecule has 0 heterocycles. The zero-order valence-corrected chi connectivity index (χ0v) is 12.4. The van der Waals surface area contributed by atoms with Crippen molar-refractivity contribution in [1.82, 2.24) is 5.32 Å². The Hall–Kier alpha value is -1.02. The van der Waals surface area contributed by atoms with Crippen LogP contribution < -0.4 is 10.1 Å². The van der Waals surface area contributed by atoms with Gasteiger partial charge in [-0.1, -0.05) is 39.8 Å². The molecular weight excluding hydrogens is 222 g/mol. The van der Waals surface area contributed by atoms with Gasteiger partial charge in [0.2, 0.25) is 0 Å². The van der Waals surface area contributed by atoms with E-state index in [0.29, 0.717) is 16.9 Å². The van der Waals surface area contributed by atoms with E-state index in [4.69, 9.17) is 4.74 Å². The molecule has 0 radical (unpaired) electrons. The second-order valence-electron chi connectivity index (χ2n) is 6.56. The van der Waals surface area contributed by atoms with E-state index in [1.54, 1.807) is 7.11 Å². The summed E-state index contributed by atoms with van der Waals surface area (Å²) in [5.74, 6) is 0.964. The van der Waals surface area contributed by atoms with Gasteiger partial charge in [0.25, 0.3) is 0 Å². The average Bonchev–Trinajstić information content (AvgIpc) is 2.67. The van der Waals surface area contributed by atoms with Crippen molar-refractivity contribution in [2.45, 2.75) is 47.2 Å². The van der Waals surface area contributed by atoms with Crippen LogP contribution in [0.5, 0.6) is 5.75 Å². The summed E-state index contributed by atoms with van der Waals surface area (Å²) in [7, 11) is 1.72. The predicted molar refractivity (Wildman–Crippen MR) is 75.9 cm³/mol. The van der Waals surface area contributed by atoms with Gasteiger partial charge in [0.05, 0.1) is 7.11 Å². The van der Waals surface area contributed by atoms with Gasteiger partial charge in [0, 0.05) is 12.6 Å². The van der Waals surface area contributed by atoms with Gasteiger partial charge in [0.15, 0.2) is 0 Å². The van der Waals surface area contributed by atoms with Crippen molar-refractivity contribution in [2.24, 2.45) is 10.8 Å². The Morgan fingerprint density at radius 3 is 2.22 bits per heavy atom. The number of rotatable bonds is 4. The van der Waals surface area contributed by atoms with Gasteiger partial charge < -0.3 is 10.1 Å². The Bertz CT molecular complexity index is 434. The first-order valence-electron chi connectivity index (χ1n) is 6.67. The summed E-state index contributed by atoms with van der Waals surface area (Å²) in [6, 6.07) is 7.00. The van der Waals surface area contributed by atoms with Crippen LogP contribution in [0.2, 0.25) is 0 Å². The van der Waals surface area contributed by atoms with Gasteiger partial charge >= 0.3 is 0 Å². The van der Waals surface area contributed by atoms with E-state index >= 15 is 0 Å². The zero-order valence-electron chi connectivity index (χ0n) is 12.4. The Kier molecular flexibility index (Phi) is 3.18. The molecule has 0 bridgehead atoms. The third-order valence-corrected chi connectivity index (χ3v) is 4.99. The summed E-state index contributed by atoms with van der Waals surface area (Å²) in [6.45, 7) is 12.4. The third kappa shape index (κ3) is 2.03. The topological polar surface area (TPSA) is 21.3 Å². The molecule has 0 unspecified atom stereocenters. The minimum atomic E-state index is 0.397. The van der Waals surface area contributed by atoms with E-state index < -0.39 is 0 Å². The predicted octanol–water partition coefficient (Wildman–Crippen LogP) is 3.53. The largest absolute Gasteiger partial charge is 0.496 e. The molecule has 1 saturated carbocycles. The van der Waals surface area contributed by atoms with E-state index in [1.165, 1.54) is 11.1 Å². The molecule has 0 amide bonds. The van der Waals surface area contributed by atoms with Gasteiger partial charge in [-0.2, -0.15) is 0 Å². The van der Waals surface area contributed by atoms with E-state index in [0.717, 1.165) is 12.3 Å². The van der Waals surface area contributed by atoms with E-state index in [-0.39, 0.29) is 0 Å². The monoisotopic (exact) mass is 247 g/mol. The molecule has 1 fully saturated rings. The Morgan fingerprint density at radius 1 is 1.17 bits per heavy atom. The highest BCUT2D eigenvalue weighted by Gasteiger charge is 2.64. The second-order valence-corrected chi connectivity index (χ2v) is 6.56. The number of hydrogen-bond acceptors (Lipinski definition) is 2. The van der Waals surface area contributed by atoms with Crippen molar-refractivity contribution < 1.29 is 4.74 Å². The molecule has 2 nitrogen and oxygen atoms in total. The lowest BCUT2D eigenvalue weighted by Gasteiger charge is -2.09. The highest BCUT2D eigenvalue weighted by Crippen LogP contribution is 2.62. The first-order valence-corrected chi connectivity index (χ1v) is 6.67. The van der Waals surface area contributed by atoms with Crippen LogP contribution in [0.1, 0.15) is 38.8 Å². The molecule has 0 atom stereocenters. The molecule has 0 aromatic heterocycles. The Labute approximate surface area is 111 Å². The van der Waals surface area contributed by atoms with E-state index in [9.17, 15) is 0 Å². The number of benzene rings is 1. The molecule has 1 N–H and O–H groups in total. The molecule has 18 heavy (non-hydrogen) atoms. The molecular formula is C16H25NO. The summed E-state index contributed by atoms with van der Waals surface area (Å²) >= 11 is 0. The van der Waals surface area contributed by atoms with Crippen LogP contribution in [0.3, 0.4) is 0 Å². The molecule has 0 saturated heterocycles. The minimum Gasteiger partial charge on any atom is -0.496 e. The highest BCUT2D eigenvalue weighted by atomic mass is 16.5. The summed E-state index contributed by atoms with van der Waals surface area (Å²) in [5, 5.41) is 3.68. The maximum absolute atomic E-state index is 5.28. The SMILES string of the molecule is COc1ccc(CNC2C(C)(C)C2(C)C)cc1C. The molecule has 2 rings (SSSR count). The fourth-order valence-corrected chi connectivity index (χ4v) is 2.98. The van der Waals surface area contributed by atoms with Crippen molar-refractivity contribution in [2.75, 3.05) is 7.11 Å². The maximum atomic E-state index is 5.28. The van der Waals surface area contributed by atoms with Crippen molar-refractivity contribution in [1.29, 1.82) is 0 Å². The van der Waals surface area contributed by atoms with Crippen LogP contribution in [0.25, 0.3) is 0 Å². The molecule has 100 valence electrons. The number of methoxy groups -OCH3 is 1. The third-order valence-electron chi connectivity index (χ3n) is 4.99. The number of hydrogen-bond donors (Lipinski definition) is 1. The smallest absolute Gasteiger partial charge is 0.121 e. The number of ether oxygens (including phenoxy) is 1. The van der Waals surface area contributed by atoms with Crippen molar-refractivity contribution in [3.8, 4) is 5.75 Å². The first kappa shape index (κ1) is 13.4. The van der Waals surface area contributed by atoms with Crippen LogP contribution in [-0.2, 0) is 6.54 Å². The van der Waals surface area contributed by atoms with Crippen LogP contribution in [0.4, 0.5) is 0 Å². The summed E-state index contributed by atoms with van der Waals surface area (Å²) in [4.78, 5) is 0. The zero-order chi connectivity index (χ0) is 13.6. The van der Waals surface area contributed by atoms with Gasteiger partial charge in [-0.25, -0.2) is 0 Å². The average molecular weight is 247 g/mol. The fraction of sp³-hybridized carbons (Fsp3) is 0.625. The van der Waals surface area contributed by atoms with Crippen LogP contribution >= 0.6 is 0 Å². The standard InChI is InChI=1S/C16H25NO/c1-11-9-12(7-8-13(11)18-6)10-17-14-15(2,3)16(14,4)5/h7-9,14,17H,10H2,1-6H3. The lowest BCUT2D eigenvalue weighted by molar-refractivity contribution is 0.411. The lowest BCUT2D eigenvalue weighted by atomic mass is 10.0. The molecule has 1 aliphatic rings. The van der Waals surface area contributed by atoms with Crippen molar-refractivity contribution in [3.63, 3.8) is 0 Å². The summed E-state index contributed by atoms with van der Waals surface area (Å²) in [6.07, 6.45) is 0. The fourth-order valence-electron chi connectivity index (χ4n) is 2.98. The van der Waals surface area contributed by atoms with Gasteiger partial charge in [-0.05, 0) is 34.9 Å². The number of nitrogens with one attached hydrogen (secondary N) is 1. The van der Waals surface area contributed by atoms with Gasteiger partial charge in [-0.15, -0.1) is 0 Å². The van der Waals surface area contributed by atoms with E-state index in [1.807, 2.05) is 0 Å². The summed E-state index contributed by atoms with van der Waals surface area (Å²) in [5.41, 5.74) is 3.32. The van der Waals surface area contributed by atoms with Crippen LogP contribution in [0, 0.1) is 17.8 Å². The maximum Gasteiger partial charge on any atom is 0.121 e. The molecule has 1 aromatic rings. The summed E-state index contributed by atoms with van der Waals surface area (Å²) < 4.78 is 5.28. The van der Waals surface area contributed by atoms with Gasteiger partial charge in [0.1, 0.15) is 5.75 Å². The lowest BCUT2D eigenvalue weighted by Crippen LogP contribution is -2.21. The molecule has 2 heteroatoms. The van der Waals surface area contributed by atoms with Gasteiger partial charge in [-0.3, -0.25) is 0 Å². The van der Waals surface area contributed by atoms with Crippen LogP contribution in [0.15, 0.2) is 18.2 Å². The normalized spacial score (nSPS) is 20.8. The molecule has 0 aliphatic heterocycles. The first-order chi connectivity index (χ1) is 8.30. The Morgan fingerprint density at radius 2 is 1.78 bits per heavy atom. The minimum absolute atomic E-state index is 0.397. The van der Waals surface area contributed by atoms with E-state index in [2.05, 4.69) is 58.1 Å². The van der Waals surface area contributed by atoms with Crippen molar-refractivity contribution >= 4 is 0 Å². The highest BCUT2D eigenvalue weighted by molar-refractivity contribution is 5.36. The second kappa shape index (κ2) is 4.27.